The molecule has 1 fully saturated rings. The first-order valence-electron chi connectivity index (χ1n) is 5.71. The SMILES string of the molecule is O=C(O)C1CCCN(Cc2ccnc(F)c2)C1. The van der Waals surface area contributed by atoms with E-state index < -0.39 is 11.9 Å². The number of carboxylic acids is 1. The quantitative estimate of drug-likeness (QED) is 0.811. The van der Waals surface area contributed by atoms with Crippen LogP contribution < -0.4 is 0 Å². The van der Waals surface area contributed by atoms with Crippen LogP contribution in [0, 0.1) is 11.9 Å². The molecule has 0 saturated carbocycles. The first-order valence-corrected chi connectivity index (χ1v) is 5.71. The number of rotatable bonds is 3. The van der Waals surface area contributed by atoms with E-state index >= 15 is 0 Å². The first-order chi connectivity index (χ1) is 8.15. The van der Waals surface area contributed by atoms with Gasteiger partial charge >= 0.3 is 5.97 Å². The van der Waals surface area contributed by atoms with Gasteiger partial charge < -0.3 is 5.11 Å². The Labute approximate surface area is 99.1 Å². The molecule has 17 heavy (non-hydrogen) atoms. The van der Waals surface area contributed by atoms with Crippen LogP contribution in [-0.4, -0.2) is 34.0 Å². The van der Waals surface area contributed by atoms with E-state index in [4.69, 9.17) is 5.11 Å². The number of carboxylic acid groups (broad SMARTS) is 1. The number of halogens is 1. The highest BCUT2D eigenvalue weighted by Crippen LogP contribution is 2.18. The molecule has 0 aromatic carbocycles. The summed E-state index contributed by atoms with van der Waals surface area (Å²) in [6, 6.07) is 3.15. The molecule has 1 aromatic rings. The predicted molar refractivity (Wildman–Crippen MR) is 59.8 cm³/mol. The zero-order chi connectivity index (χ0) is 12.3. The summed E-state index contributed by atoms with van der Waals surface area (Å²) < 4.78 is 12.9. The minimum Gasteiger partial charge on any atom is -0.481 e. The number of hydrogen-bond donors (Lipinski definition) is 1. The Bertz CT molecular complexity index is 411. The standard InChI is InChI=1S/C12H15FN2O2/c13-11-6-9(3-4-14-11)7-15-5-1-2-10(8-15)12(16)17/h3-4,6,10H,1-2,5,7-8H2,(H,16,17). The van der Waals surface area contributed by atoms with Gasteiger partial charge in [0.15, 0.2) is 0 Å². The van der Waals surface area contributed by atoms with Crippen molar-refractivity contribution in [2.45, 2.75) is 19.4 Å². The molecular weight excluding hydrogens is 223 g/mol. The fourth-order valence-corrected chi connectivity index (χ4v) is 2.20. The van der Waals surface area contributed by atoms with Gasteiger partial charge in [0.25, 0.3) is 0 Å². The van der Waals surface area contributed by atoms with Gasteiger partial charge in [0.2, 0.25) is 5.95 Å². The second kappa shape index (κ2) is 5.23. The summed E-state index contributed by atoms with van der Waals surface area (Å²) in [5, 5.41) is 8.97. The number of likely N-dealkylation sites (tertiary alicyclic amines) is 1. The zero-order valence-electron chi connectivity index (χ0n) is 9.47. The number of piperidine rings is 1. The van der Waals surface area contributed by atoms with Gasteiger partial charge in [-0.1, -0.05) is 0 Å². The third-order valence-corrected chi connectivity index (χ3v) is 3.05. The van der Waals surface area contributed by atoms with Crippen LogP contribution in [0.4, 0.5) is 4.39 Å². The van der Waals surface area contributed by atoms with Crippen LogP contribution >= 0.6 is 0 Å². The van der Waals surface area contributed by atoms with Gasteiger partial charge in [-0.2, -0.15) is 4.39 Å². The van der Waals surface area contributed by atoms with Crippen molar-refractivity contribution in [1.29, 1.82) is 0 Å². The lowest BCUT2D eigenvalue weighted by Crippen LogP contribution is -2.38. The van der Waals surface area contributed by atoms with Crippen LogP contribution in [0.2, 0.25) is 0 Å². The Morgan fingerprint density at radius 3 is 3.18 bits per heavy atom. The van der Waals surface area contributed by atoms with Gasteiger partial charge in [-0.15, -0.1) is 0 Å². The molecule has 4 nitrogen and oxygen atoms in total. The van der Waals surface area contributed by atoms with Crippen molar-refractivity contribution in [2.24, 2.45) is 5.92 Å². The topological polar surface area (TPSA) is 53.4 Å². The van der Waals surface area contributed by atoms with Crippen molar-refractivity contribution < 1.29 is 14.3 Å². The maximum atomic E-state index is 12.9. The van der Waals surface area contributed by atoms with Gasteiger partial charge in [0, 0.05) is 19.3 Å². The van der Waals surface area contributed by atoms with Gasteiger partial charge in [0.05, 0.1) is 5.92 Å². The highest BCUT2D eigenvalue weighted by Gasteiger charge is 2.25. The molecule has 0 spiro atoms. The summed E-state index contributed by atoms with van der Waals surface area (Å²) in [5.41, 5.74) is 0.837. The molecule has 1 aromatic heterocycles. The monoisotopic (exact) mass is 238 g/mol. The molecule has 92 valence electrons. The Morgan fingerprint density at radius 2 is 2.47 bits per heavy atom. The number of nitrogens with zero attached hydrogens (tertiary/aromatic N) is 2. The second-order valence-electron chi connectivity index (χ2n) is 4.40. The third-order valence-electron chi connectivity index (χ3n) is 3.05. The number of pyridine rings is 1. The van der Waals surface area contributed by atoms with Crippen LogP contribution in [-0.2, 0) is 11.3 Å². The fraction of sp³-hybridized carbons (Fsp3) is 0.500. The van der Waals surface area contributed by atoms with Crippen molar-refractivity contribution in [2.75, 3.05) is 13.1 Å². The Morgan fingerprint density at radius 1 is 1.65 bits per heavy atom. The number of carbonyl (C=O) groups is 1. The molecule has 1 saturated heterocycles. The molecule has 1 unspecified atom stereocenters. The largest absolute Gasteiger partial charge is 0.481 e. The van der Waals surface area contributed by atoms with Gasteiger partial charge in [-0.3, -0.25) is 9.69 Å². The average molecular weight is 238 g/mol. The van der Waals surface area contributed by atoms with E-state index in [1.54, 1.807) is 6.07 Å². The van der Waals surface area contributed by atoms with Crippen LogP contribution in [0.5, 0.6) is 0 Å². The molecule has 0 aliphatic carbocycles. The maximum absolute atomic E-state index is 12.9. The van der Waals surface area contributed by atoms with Crippen molar-refractivity contribution in [1.82, 2.24) is 9.88 Å². The molecule has 1 aliphatic rings. The van der Waals surface area contributed by atoms with E-state index in [0.29, 0.717) is 13.1 Å². The molecule has 2 rings (SSSR count). The summed E-state index contributed by atoms with van der Waals surface area (Å²) in [5.74, 6) is -1.53. The summed E-state index contributed by atoms with van der Waals surface area (Å²) in [7, 11) is 0. The molecule has 0 radical (unpaired) electrons. The first kappa shape index (κ1) is 12.0. The van der Waals surface area contributed by atoms with Gasteiger partial charge in [0.1, 0.15) is 0 Å². The molecular formula is C12H15FN2O2. The summed E-state index contributed by atoms with van der Waals surface area (Å²) in [4.78, 5) is 16.5. The average Bonchev–Trinajstić information content (AvgIpc) is 2.29. The Balaban J connectivity index is 1.97. The van der Waals surface area contributed by atoms with E-state index in [0.717, 1.165) is 24.9 Å². The lowest BCUT2D eigenvalue weighted by atomic mass is 9.98. The molecule has 1 aliphatic heterocycles. The highest BCUT2D eigenvalue weighted by atomic mass is 19.1. The Hall–Kier alpha value is -1.49. The smallest absolute Gasteiger partial charge is 0.307 e. The predicted octanol–water partition coefficient (Wildman–Crippen LogP) is 1.52. The van der Waals surface area contributed by atoms with E-state index in [9.17, 15) is 9.18 Å². The molecule has 1 N–H and O–H groups in total. The van der Waals surface area contributed by atoms with E-state index in [2.05, 4.69) is 9.88 Å². The van der Waals surface area contributed by atoms with E-state index in [1.807, 2.05) is 0 Å². The summed E-state index contributed by atoms with van der Waals surface area (Å²) in [6.07, 6.45) is 3.05. The minimum absolute atomic E-state index is 0.296. The lowest BCUT2D eigenvalue weighted by Gasteiger charge is -2.30. The minimum atomic E-state index is -0.740. The van der Waals surface area contributed by atoms with E-state index in [1.165, 1.54) is 12.3 Å². The highest BCUT2D eigenvalue weighted by molar-refractivity contribution is 5.70. The van der Waals surface area contributed by atoms with Gasteiger partial charge in [-0.25, -0.2) is 4.98 Å². The van der Waals surface area contributed by atoms with Crippen molar-refractivity contribution in [3.05, 3.63) is 29.8 Å². The van der Waals surface area contributed by atoms with Gasteiger partial charge in [-0.05, 0) is 37.1 Å². The third kappa shape index (κ3) is 3.23. The maximum Gasteiger partial charge on any atom is 0.307 e. The van der Waals surface area contributed by atoms with Crippen molar-refractivity contribution in [3.63, 3.8) is 0 Å². The lowest BCUT2D eigenvalue weighted by molar-refractivity contribution is -0.143. The van der Waals surface area contributed by atoms with Crippen molar-refractivity contribution in [3.8, 4) is 0 Å². The van der Waals surface area contributed by atoms with Crippen LogP contribution in [0.15, 0.2) is 18.3 Å². The van der Waals surface area contributed by atoms with E-state index in [-0.39, 0.29) is 5.92 Å². The molecule has 2 heterocycles. The molecule has 1 atom stereocenters. The summed E-state index contributed by atoms with van der Waals surface area (Å²) in [6.45, 7) is 2.00. The van der Waals surface area contributed by atoms with Crippen molar-refractivity contribution >= 4 is 5.97 Å². The summed E-state index contributed by atoms with van der Waals surface area (Å²) >= 11 is 0. The van der Waals surface area contributed by atoms with Crippen LogP contribution in [0.1, 0.15) is 18.4 Å². The number of hydrogen-bond acceptors (Lipinski definition) is 3. The number of aromatic nitrogens is 1. The second-order valence-corrected chi connectivity index (χ2v) is 4.40. The number of aliphatic carboxylic acids is 1. The van der Waals surface area contributed by atoms with Crippen LogP contribution in [0.3, 0.4) is 0 Å². The zero-order valence-corrected chi connectivity index (χ0v) is 9.47. The molecule has 0 bridgehead atoms. The molecule has 5 heteroatoms. The van der Waals surface area contributed by atoms with Crippen LogP contribution in [0.25, 0.3) is 0 Å². The normalized spacial score (nSPS) is 21.4. The molecule has 0 amide bonds. The fourth-order valence-electron chi connectivity index (χ4n) is 2.20. The Kier molecular flexibility index (Phi) is 3.68.